The summed E-state index contributed by atoms with van der Waals surface area (Å²) in [6.45, 7) is 2.20. The third kappa shape index (κ3) is 2.93. The highest BCUT2D eigenvalue weighted by molar-refractivity contribution is 5.96. The van der Waals surface area contributed by atoms with Gasteiger partial charge in [0.2, 0.25) is 0 Å². The first-order chi connectivity index (χ1) is 8.58. The van der Waals surface area contributed by atoms with Crippen LogP contribution in [0.5, 0.6) is 0 Å². The molecule has 2 rings (SSSR count). The van der Waals surface area contributed by atoms with Crippen LogP contribution in [-0.4, -0.2) is 18.5 Å². The van der Waals surface area contributed by atoms with Gasteiger partial charge in [0.25, 0.3) is 0 Å². The number of halogens is 2. The number of ether oxygens (including phenoxy) is 1. The van der Waals surface area contributed by atoms with E-state index in [4.69, 9.17) is 4.74 Å². The zero-order valence-corrected chi connectivity index (χ0v) is 10.3. The van der Waals surface area contributed by atoms with Gasteiger partial charge in [0.1, 0.15) is 11.6 Å². The van der Waals surface area contributed by atoms with Gasteiger partial charge in [0.15, 0.2) is 5.78 Å². The molecule has 1 fully saturated rings. The van der Waals surface area contributed by atoms with Gasteiger partial charge < -0.3 is 4.74 Å². The number of benzene rings is 1. The first kappa shape index (κ1) is 13.1. The molecule has 1 saturated heterocycles. The van der Waals surface area contributed by atoms with Gasteiger partial charge in [-0.05, 0) is 43.9 Å². The Bertz CT molecular complexity index is 451. The van der Waals surface area contributed by atoms with Gasteiger partial charge in [-0.25, -0.2) is 8.78 Å². The molecule has 1 aliphatic heterocycles. The second-order valence-electron chi connectivity index (χ2n) is 4.68. The number of carbonyl (C=O) groups is 1. The van der Waals surface area contributed by atoms with E-state index in [2.05, 4.69) is 0 Å². The summed E-state index contributed by atoms with van der Waals surface area (Å²) < 4.78 is 32.3. The topological polar surface area (TPSA) is 26.3 Å². The van der Waals surface area contributed by atoms with Gasteiger partial charge >= 0.3 is 0 Å². The minimum absolute atomic E-state index is 0.0901. The molecule has 0 saturated carbocycles. The first-order valence-corrected chi connectivity index (χ1v) is 6.18. The number of carbonyl (C=O) groups excluding carboxylic acids is 1. The molecule has 1 aliphatic rings. The van der Waals surface area contributed by atoms with Crippen LogP contribution in [0.3, 0.4) is 0 Å². The lowest BCUT2D eigenvalue weighted by Crippen LogP contribution is -2.10. The summed E-state index contributed by atoms with van der Waals surface area (Å²) in [7, 11) is 0. The third-order valence-electron chi connectivity index (χ3n) is 3.27. The van der Waals surface area contributed by atoms with E-state index in [1.807, 2.05) is 0 Å². The van der Waals surface area contributed by atoms with Crippen LogP contribution in [0.2, 0.25) is 0 Å². The van der Waals surface area contributed by atoms with Gasteiger partial charge in [0.05, 0.1) is 11.7 Å². The molecular weight excluding hydrogens is 238 g/mol. The molecular formula is C14H16F2O2. The summed E-state index contributed by atoms with van der Waals surface area (Å²) in [5.74, 6) is -1.55. The van der Waals surface area contributed by atoms with Crippen molar-refractivity contribution < 1.29 is 18.3 Å². The Hall–Kier alpha value is -1.29. The Kier molecular flexibility index (Phi) is 4.07. The SMILES string of the molecule is Cc1cc(F)c(C(=O)CCC2CCCO2)cc1F. The highest BCUT2D eigenvalue weighted by Gasteiger charge is 2.19. The molecule has 0 aliphatic carbocycles. The summed E-state index contributed by atoms with van der Waals surface area (Å²) in [5.41, 5.74) is 0.0549. The highest BCUT2D eigenvalue weighted by atomic mass is 19.1. The molecule has 0 N–H and O–H groups in total. The van der Waals surface area contributed by atoms with Gasteiger partial charge in [-0.15, -0.1) is 0 Å². The number of hydrogen-bond donors (Lipinski definition) is 0. The van der Waals surface area contributed by atoms with Gasteiger partial charge in [-0.3, -0.25) is 4.79 Å². The smallest absolute Gasteiger partial charge is 0.166 e. The number of hydrogen-bond acceptors (Lipinski definition) is 2. The fourth-order valence-electron chi connectivity index (χ4n) is 2.16. The Morgan fingerprint density at radius 3 is 2.83 bits per heavy atom. The zero-order valence-electron chi connectivity index (χ0n) is 10.3. The van der Waals surface area contributed by atoms with E-state index in [9.17, 15) is 13.6 Å². The molecule has 18 heavy (non-hydrogen) atoms. The van der Waals surface area contributed by atoms with Crippen LogP contribution >= 0.6 is 0 Å². The molecule has 0 amide bonds. The van der Waals surface area contributed by atoms with Crippen molar-refractivity contribution in [1.82, 2.24) is 0 Å². The molecule has 1 unspecified atom stereocenters. The third-order valence-corrected chi connectivity index (χ3v) is 3.27. The van der Waals surface area contributed by atoms with Crippen molar-refractivity contribution >= 4 is 5.78 Å². The molecule has 0 radical (unpaired) electrons. The van der Waals surface area contributed by atoms with Gasteiger partial charge in [-0.2, -0.15) is 0 Å². The van der Waals surface area contributed by atoms with Crippen LogP contribution in [0.4, 0.5) is 8.78 Å². The predicted octanol–water partition coefficient (Wildman–Crippen LogP) is 3.42. The number of Topliss-reactive ketones (excluding diaryl/α,β-unsaturated/α-hetero) is 1. The van der Waals surface area contributed by atoms with Crippen molar-refractivity contribution in [1.29, 1.82) is 0 Å². The summed E-state index contributed by atoms with van der Waals surface area (Å²) in [5, 5.41) is 0. The van der Waals surface area contributed by atoms with Gasteiger partial charge in [-0.1, -0.05) is 0 Å². The Balaban J connectivity index is 2.01. The minimum Gasteiger partial charge on any atom is -0.378 e. The molecule has 4 heteroatoms. The normalized spacial score (nSPS) is 19.2. The molecule has 98 valence electrons. The van der Waals surface area contributed by atoms with Crippen molar-refractivity contribution in [3.8, 4) is 0 Å². The van der Waals surface area contributed by atoms with Crippen molar-refractivity contribution in [3.05, 3.63) is 34.9 Å². The lowest BCUT2D eigenvalue weighted by Gasteiger charge is -2.09. The van der Waals surface area contributed by atoms with Crippen molar-refractivity contribution in [3.63, 3.8) is 0 Å². The average Bonchev–Trinajstić information content (AvgIpc) is 2.84. The summed E-state index contributed by atoms with van der Waals surface area (Å²) >= 11 is 0. The average molecular weight is 254 g/mol. The number of aryl methyl sites for hydroxylation is 1. The number of rotatable bonds is 4. The number of ketones is 1. The fourth-order valence-corrected chi connectivity index (χ4v) is 2.16. The maximum Gasteiger partial charge on any atom is 0.166 e. The largest absolute Gasteiger partial charge is 0.378 e. The van der Waals surface area contributed by atoms with E-state index in [1.54, 1.807) is 0 Å². The molecule has 0 spiro atoms. The molecule has 2 nitrogen and oxygen atoms in total. The standard InChI is InChI=1S/C14H16F2O2/c1-9-7-13(16)11(8-12(9)15)14(17)5-4-10-3-2-6-18-10/h7-8,10H,2-6H2,1H3. The van der Waals surface area contributed by atoms with E-state index >= 15 is 0 Å². The quantitative estimate of drug-likeness (QED) is 0.770. The molecule has 0 bridgehead atoms. The van der Waals surface area contributed by atoms with Crippen LogP contribution in [0.25, 0.3) is 0 Å². The minimum atomic E-state index is -0.647. The maximum atomic E-state index is 13.6. The Morgan fingerprint density at radius 2 is 2.17 bits per heavy atom. The van der Waals surface area contributed by atoms with E-state index < -0.39 is 11.6 Å². The molecule has 0 aromatic heterocycles. The van der Waals surface area contributed by atoms with Crippen LogP contribution in [-0.2, 0) is 4.74 Å². The van der Waals surface area contributed by atoms with E-state index in [-0.39, 0.29) is 29.4 Å². The predicted molar refractivity (Wildman–Crippen MR) is 63.6 cm³/mol. The summed E-state index contributed by atoms with van der Waals surface area (Å²) in [4.78, 5) is 11.8. The molecule has 1 heterocycles. The molecule has 1 aromatic rings. The highest BCUT2D eigenvalue weighted by Crippen LogP contribution is 2.20. The van der Waals surface area contributed by atoms with E-state index in [0.717, 1.165) is 31.6 Å². The summed E-state index contributed by atoms with van der Waals surface area (Å²) in [6, 6.07) is 2.05. The lowest BCUT2D eigenvalue weighted by atomic mass is 10.0. The van der Waals surface area contributed by atoms with Crippen molar-refractivity contribution in [2.75, 3.05) is 6.61 Å². The van der Waals surface area contributed by atoms with E-state index in [0.29, 0.717) is 6.42 Å². The lowest BCUT2D eigenvalue weighted by molar-refractivity contribution is 0.0856. The second kappa shape index (κ2) is 5.57. The molecule has 1 atom stereocenters. The van der Waals surface area contributed by atoms with E-state index in [1.165, 1.54) is 6.92 Å². The van der Waals surface area contributed by atoms with Gasteiger partial charge in [0, 0.05) is 13.0 Å². The Morgan fingerprint density at radius 1 is 1.39 bits per heavy atom. The maximum absolute atomic E-state index is 13.6. The van der Waals surface area contributed by atoms with Crippen LogP contribution in [0.15, 0.2) is 12.1 Å². The van der Waals surface area contributed by atoms with Crippen LogP contribution in [0, 0.1) is 18.6 Å². The van der Waals surface area contributed by atoms with Crippen LogP contribution < -0.4 is 0 Å². The Labute approximate surface area is 105 Å². The zero-order chi connectivity index (χ0) is 13.1. The van der Waals surface area contributed by atoms with Crippen LogP contribution in [0.1, 0.15) is 41.6 Å². The van der Waals surface area contributed by atoms with Crippen molar-refractivity contribution in [2.24, 2.45) is 0 Å². The fraction of sp³-hybridized carbons (Fsp3) is 0.500. The second-order valence-corrected chi connectivity index (χ2v) is 4.68. The monoisotopic (exact) mass is 254 g/mol. The summed E-state index contributed by atoms with van der Waals surface area (Å²) in [6.07, 6.45) is 2.81. The first-order valence-electron chi connectivity index (χ1n) is 6.18. The van der Waals surface area contributed by atoms with Crippen molar-refractivity contribution in [2.45, 2.75) is 38.7 Å². The molecule has 1 aromatic carbocycles.